The van der Waals surface area contributed by atoms with Crippen LogP contribution >= 0.6 is 11.6 Å². The normalized spacial score (nSPS) is 14.4. The molecule has 0 amide bonds. The maximum atomic E-state index is 13.1. The van der Waals surface area contributed by atoms with E-state index >= 15 is 0 Å². The van der Waals surface area contributed by atoms with Gasteiger partial charge in [0, 0.05) is 6.54 Å². The van der Waals surface area contributed by atoms with Crippen molar-refractivity contribution in [2.24, 2.45) is 0 Å². The number of benzene rings is 1. The van der Waals surface area contributed by atoms with Crippen LogP contribution in [0.15, 0.2) is 12.1 Å². The molecule has 0 aromatic heterocycles. The summed E-state index contributed by atoms with van der Waals surface area (Å²) in [6, 6.07) is 3.46. The molecule has 1 heterocycles. The van der Waals surface area contributed by atoms with Crippen molar-refractivity contribution in [3.05, 3.63) is 28.5 Å². The lowest BCUT2D eigenvalue weighted by atomic mass is 10.2. The Morgan fingerprint density at radius 3 is 3.09 bits per heavy atom. The van der Waals surface area contributed by atoms with Gasteiger partial charge in [0.1, 0.15) is 0 Å². The number of nitrogens with one attached hydrogen (secondary N) is 1. The van der Waals surface area contributed by atoms with Crippen LogP contribution in [0.4, 0.5) is 10.1 Å². The molecule has 2 rings (SSSR count). The zero-order valence-electron chi connectivity index (χ0n) is 5.82. The summed E-state index contributed by atoms with van der Waals surface area (Å²) in [5, 5.41) is 3.14. The van der Waals surface area contributed by atoms with Gasteiger partial charge < -0.3 is 5.32 Å². The molecule has 1 N–H and O–H groups in total. The second-order valence-electron chi connectivity index (χ2n) is 2.57. The number of hydrogen-bond donors (Lipinski definition) is 1. The fourth-order valence-electron chi connectivity index (χ4n) is 1.31. The summed E-state index contributed by atoms with van der Waals surface area (Å²) in [5.74, 6) is -0.318. The Morgan fingerprint density at radius 1 is 1.45 bits per heavy atom. The molecule has 1 aliphatic heterocycles. The molecule has 0 radical (unpaired) electrons. The van der Waals surface area contributed by atoms with E-state index in [-0.39, 0.29) is 10.8 Å². The van der Waals surface area contributed by atoms with Crippen molar-refractivity contribution in [1.82, 2.24) is 0 Å². The molecule has 0 saturated heterocycles. The topological polar surface area (TPSA) is 12.0 Å². The van der Waals surface area contributed by atoms with E-state index in [2.05, 4.69) is 5.32 Å². The van der Waals surface area contributed by atoms with Crippen LogP contribution in [0.5, 0.6) is 0 Å². The van der Waals surface area contributed by atoms with Gasteiger partial charge in [0.2, 0.25) is 0 Å². The summed E-state index contributed by atoms with van der Waals surface area (Å²) in [7, 11) is 0. The van der Waals surface area contributed by atoms with E-state index in [0.29, 0.717) is 5.69 Å². The second-order valence-corrected chi connectivity index (χ2v) is 2.98. The van der Waals surface area contributed by atoms with Crippen molar-refractivity contribution in [2.75, 3.05) is 11.9 Å². The summed E-state index contributed by atoms with van der Waals surface area (Å²) in [6.07, 6.45) is 0.892. The van der Waals surface area contributed by atoms with Crippen LogP contribution in [-0.2, 0) is 6.42 Å². The molecular formula is C8H7ClFN. The molecule has 11 heavy (non-hydrogen) atoms. The van der Waals surface area contributed by atoms with E-state index in [1.807, 2.05) is 6.07 Å². The Kier molecular flexibility index (Phi) is 1.50. The van der Waals surface area contributed by atoms with Crippen LogP contribution in [-0.4, -0.2) is 6.54 Å². The maximum Gasteiger partial charge on any atom is 0.165 e. The number of rotatable bonds is 0. The van der Waals surface area contributed by atoms with Crippen molar-refractivity contribution in [3.8, 4) is 0 Å². The molecule has 0 spiro atoms. The number of fused-ring (bicyclic) bond motifs is 1. The van der Waals surface area contributed by atoms with Gasteiger partial charge in [-0.2, -0.15) is 0 Å². The molecule has 0 aliphatic carbocycles. The van der Waals surface area contributed by atoms with Crippen molar-refractivity contribution >= 4 is 17.3 Å². The van der Waals surface area contributed by atoms with Crippen LogP contribution in [0.1, 0.15) is 5.56 Å². The SMILES string of the molecule is Fc1c(Cl)ccc2c1NCC2. The molecule has 0 fully saturated rings. The lowest BCUT2D eigenvalue weighted by Gasteiger charge is -2.01. The largest absolute Gasteiger partial charge is 0.382 e. The van der Waals surface area contributed by atoms with E-state index < -0.39 is 0 Å². The van der Waals surface area contributed by atoms with Crippen molar-refractivity contribution < 1.29 is 4.39 Å². The van der Waals surface area contributed by atoms with E-state index in [9.17, 15) is 4.39 Å². The molecule has 1 aliphatic rings. The number of anilines is 1. The highest BCUT2D eigenvalue weighted by Gasteiger charge is 2.15. The minimum absolute atomic E-state index is 0.193. The average Bonchev–Trinajstić information content (AvgIpc) is 2.45. The average molecular weight is 172 g/mol. The molecule has 0 saturated carbocycles. The standard InChI is InChI=1S/C8H7ClFN/c9-6-2-1-5-3-4-11-8(5)7(6)10/h1-2,11H,3-4H2. The second kappa shape index (κ2) is 2.38. The monoisotopic (exact) mass is 171 g/mol. The van der Waals surface area contributed by atoms with Gasteiger partial charge in [0.05, 0.1) is 10.7 Å². The third-order valence-electron chi connectivity index (χ3n) is 1.88. The summed E-state index contributed by atoms with van der Waals surface area (Å²) in [4.78, 5) is 0. The first kappa shape index (κ1) is 6.92. The summed E-state index contributed by atoms with van der Waals surface area (Å²) < 4.78 is 13.1. The molecule has 3 heteroatoms. The van der Waals surface area contributed by atoms with Crippen molar-refractivity contribution in [3.63, 3.8) is 0 Å². The lowest BCUT2D eigenvalue weighted by Crippen LogP contribution is -1.93. The molecule has 0 bridgehead atoms. The van der Waals surface area contributed by atoms with Gasteiger partial charge in [-0.15, -0.1) is 0 Å². The molecule has 1 aromatic rings. The predicted octanol–water partition coefficient (Wildman–Crippen LogP) is 2.45. The fraction of sp³-hybridized carbons (Fsp3) is 0.250. The van der Waals surface area contributed by atoms with Gasteiger partial charge in [0.15, 0.2) is 5.82 Å². The van der Waals surface area contributed by atoms with Crippen LogP contribution in [0, 0.1) is 5.82 Å². The van der Waals surface area contributed by atoms with Gasteiger partial charge in [-0.25, -0.2) is 4.39 Å². The summed E-state index contributed by atoms with van der Waals surface area (Å²) in [5.41, 5.74) is 1.60. The Labute approximate surface area is 69.2 Å². The summed E-state index contributed by atoms with van der Waals surface area (Å²) in [6.45, 7) is 0.812. The first-order valence-corrected chi connectivity index (χ1v) is 3.87. The van der Waals surface area contributed by atoms with Crippen LogP contribution < -0.4 is 5.32 Å². The number of hydrogen-bond acceptors (Lipinski definition) is 1. The Balaban J connectivity index is 2.62. The zero-order chi connectivity index (χ0) is 7.84. The first-order valence-electron chi connectivity index (χ1n) is 3.50. The zero-order valence-corrected chi connectivity index (χ0v) is 6.58. The molecule has 1 aromatic carbocycles. The minimum Gasteiger partial charge on any atom is -0.382 e. The van der Waals surface area contributed by atoms with Gasteiger partial charge in [-0.3, -0.25) is 0 Å². The maximum absolute atomic E-state index is 13.1. The van der Waals surface area contributed by atoms with Gasteiger partial charge in [-0.1, -0.05) is 17.7 Å². The highest BCUT2D eigenvalue weighted by molar-refractivity contribution is 6.31. The van der Waals surface area contributed by atoms with Gasteiger partial charge in [0.25, 0.3) is 0 Å². The molecule has 0 atom stereocenters. The molecule has 58 valence electrons. The van der Waals surface area contributed by atoms with Crippen molar-refractivity contribution in [1.29, 1.82) is 0 Å². The highest BCUT2D eigenvalue weighted by atomic mass is 35.5. The fourth-order valence-corrected chi connectivity index (χ4v) is 1.47. The van der Waals surface area contributed by atoms with Crippen LogP contribution in [0.25, 0.3) is 0 Å². The Hall–Kier alpha value is -0.760. The predicted molar refractivity (Wildman–Crippen MR) is 43.6 cm³/mol. The van der Waals surface area contributed by atoms with E-state index in [1.165, 1.54) is 0 Å². The minimum atomic E-state index is -0.318. The third-order valence-corrected chi connectivity index (χ3v) is 2.17. The van der Waals surface area contributed by atoms with Crippen LogP contribution in [0.3, 0.4) is 0 Å². The van der Waals surface area contributed by atoms with Gasteiger partial charge in [-0.05, 0) is 18.1 Å². The summed E-state index contributed by atoms with van der Waals surface area (Å²) >= 11 is 5.58. The Bertz CT molecular complexity index is 298. The van der Waals surface area contributed by atoms with E-state index in [1.54, 1.807) is 6.07 Å². The number of halogens is 2. The highest BCUT2D eigenvalue weighted by Crippen LogP contribution is 2.29. The van der Waals surface area contributed by atoms with Crippen LogP contribution in [0.2, 0.25) is 5.02 Å². The lowest BCUT2D eigenvalue weighted by molar-refractivity contribution is 0.632. The first-order chi connectivity index (χ1) is 5.29. The smallest absolute Gasteiger partial charge is 0.165 e. The van der Waals surface area contributed by atoms with E-state index in [0.717, 1.165) is 18.5 Å². The van der Waals surface area contributed by atoms with Gasteiger partial charge >= 0.3 is 0 Å². The molecular weight excluding hydrogens is 165 g/mol. The molecule has 1 nitrogen and oxygen atoms in total. The molecule has 0 unspecified atom stereocenters. The quantitative estimate of drug-likeness (QED) is 0.632. The third kappa shape index (κ3) is 0.979. The van der Waals surface area contributed by atoms with Crippen molar-refractivity contribution in [2.45, 2.75) is 6.42 Å². The van der Waals surface area contributed by atoms with E-state index in [4.69, 9.17) is 11.6 Å². The Morgan fingerprint density at radius 2 is 2.27 bits per heavy atom.